The van der Waals surface area contributed by atoms with E-state index in [4.69, 9.17) is 4.74 Å². The Hall–Kier alpha value is -2.04. The molecule has 5 heteroatoms. The Bertz CT molecular complexity index is 616. The molecular weight excluding hydrogens is 304 g/mol. The fourth-order valence-corrected chi connectivity index (χ4v) is 3.65. The zero-order valence-corrected chi connectivity index (χ0v) is 14.5. The van der Waals surface area contributed by atoms with Crippen LogP contribution in [0.1, 0.15) is 50.5 Å². The molecule has 2 fully saturated rings. The lowest BCUT2D eigenvalue weighted by Crippen LogP contribution is -2.46. The molecule has 2 amide bonds. The van der Waals surface area contributed by atoms with Gasteiger partial charge in [0.15, 0.2) is 0 Å². The van der Waals surface area contributed by atoms with Crippen molar-refractivity contribution in [3.05, 3.63) is 29.8 Å². The topological polar surface area (TPSA) is 58.6 Å². The van der Waals surface area contributed by atoms with Gasteiger partial charge in [-0.2, -0.15) is 0 Å². The second-order valence-corrected chi connectivity index (χ2v) is 6.69. The van der Waals surface area contributed by atoms with Crippen LogP contribution in [0.25, 0.3) is 0 Å². The normalized spacial score (nSPS) is 25.4. The van der Waals surface area contributed by atoms with Gasteiger partial charge in [0.2, 0.25) is 11.8 Å². The summed E-state index contributed by atoms with van der Waals surface area (Å²) in [5, 5.41) is 3.13. The lowest BCUT2D eigenvalue weighted by atomic mass is 10.1. The number of para-hydroxylation sites is 1. The molecular formula is C19H26N2O3. The van der Waals surface area contributed by atoms with Crippen molar-refractivity contribution in [2.75, 3.05) is 13.7 Å². The third-order valence-corrected chi connectivity index (χ3v) is 5.00. The maximum atomic E-state index is 12.6. The fourth-order valence-electron chi connectivity index (χ4n) is 3.65. The number of benzene rings is 1. The molecule has 0 radical (unpaired) electrons. The van der Waals surface area contributed by atoms with Gasteiger partial charge in [0.25, 0.3) is 0 Å². The number of ether oxygens (including phenoxy) is 1. The zero-order chi connectivity index (χ0) is 17.1. The van der Waals surface area contributed by atoms with Crippen molar-refractivity contribution in [2.24, 2.45) is 0 Å². The molecule has 5 nitrogen and oxygen atoms in total. The van der Waals surface area contributed by atoms with Crippen LogP contribution in [0.4, 0.5) is 0 Å². The number of amides is 2. The van der Waals surface area contributed by atoms with E-state index in [-0.39, 0.29) is 23.9 Å². The van der Waals surface area contributed by atoms with Gasteiger partial charge in [-0.05, 0) is 37.3 Å². The second-order valence-electron chi connectivity index (χ2n) is 6.69. The summed E-state index contributed by atoms with van der Waals surface area (Å²) < 4.78 is 5.41. The molecule has 0 bridgehead atoms. The van der Waals surface area contributed by atoms with Gasteiger partial charge in [0.05, 0.1) is 7.11 Å². The lowest BCUT2D eigenvalue weighted by Gasteiger charge is -2.24. The van der Waals surface area contributed by atoms with E-state index in [1.807, 2.05) is 25.1 Å². The van der Waals surface area contributed by atoms with E-state index in [1.54, 1.807) is 12.0 Å². The van der Waals surface area contributed by atoms with Crippen LogP contribution in [0.3, 0.4) is 0 Å². The van der Waals surface area contributed by atoms with E-state index in [0.717, 1.165) is 37.0 Å². The minimum Gasteiger partial charge on any atom is -0.496 e. The van der Waals surface area contributed by atoms with Crippen LogP contribution < -0.4 is 10.1 Å². The van der Waals surface area contributed by atoms with Gasteiger partial charge < -0.3 is 15.0 Å². The summed E-state index contributed by atoms with van der Waals surface area (Å²) in [6.45, 7) is 2.70. The second kappa shape index (κ2) is 7.24. The average molecular weight is 330 g/mol. The number of nitrogens with zero attached hydrogens (tertiary/aromatic N) is 1. The van der Waals surface area contributed by atoms with Crippen LogP contribution in [-0.2, 0) is 9.59 Å². The highest BCUT2D eigenvalue weighted by atomic mass is 16.5. The molecule has 3 atom stereocenters. The third-order valence-electron chi connectivity index (χ3n) is 5.00. The SMILES string of the molecule is CCCC(=O)N1CCC[C@@H]1C(=O)N[C@H]1C[C@@H]1c1ccccc1OC. The van der Waals surface area contributed by atoms with Crippen molar-refractivity contribution in [3.63, 3.8) is 0 Å². The summed E-state index contributed by atoms with van der Waals surface area (Å²) in [7, 11) is 1.67. The Kier molecular flexibility index (Phi) is 5.07. The van der Waals surface area contributed by atoms with Crippen molar-refractivity contribution >= 4 is 11.8 Å². The van der Waals surface area contributed by atoms with Crippen LogP contribution in [0.5, 0.6) is 5.75 Å². The molecule has 1 N–H and O–H groups in total. The molecule has 1 aromatic carbocycles. The first-order chi connectivity index (χ1) is 11.7. The van der Waals surface area contributed by atoms with Gasteiger partial charge in [-0.1, -0.05) is 25.1 Å². The number of methoxy groups -OCH3 is 1. The molecule has 3 rings (SSSR count). The third kappa shape index (κ3) is 3.40. The summed E-state index contributed by atoms with van der Waals surface area (Å²) in [5.74, 6) is 1.29. The van der Waals surface area contributed by atoms with Gasteiger partial charge in [-0.15, -0.1) is 0 Å². The molecule has 1 aliphatic carbocycles. The zero-order valence-electron chi connectivity index (χ0n) is 14.5. The predicted octanol–water partition coefficient (Wildman–Crippen LogP) is 2.46. The number of rotatable bonds is 6. The Morgan fingerprint density at radius 2 is 2.12 bits per heavy atom. The van der Waals surface area contributed by atoms with Crippen LogP contribution in [0.2, 0.25) is 0 Å². The van der Waals surface area contributed by atoms with Crippen LogP contribution in [0.15, 0.2) is 24.3 Å². The van der Waals surface area contributed by atoms with Crippen molar-refractivity contribution < 1.29 is 14.3 Å². The minimum atomic E-state index is -0.289. The summed E-state index contributed by atoms with van der Waals surface area (Å²) in [5.41, 5.74) is 1.15. The lowest BCUT2D eigenvalue weighted by molar-refractivity contribution is -0.138. The Labute approximate surface area is 143 Å². The van der Waals surface area contributed by atoms with E-state index in [1.165, 1.54) is 0 Å². The number of hydrogen-bond donors (Lipinski definition) is 1. The molecule has 0 unspecified atom stereocenters. The molecule has 1 saturated carbocycles. The monoisotopic (exact) mass is 330 g/mol. The van der Waals surface area contributed by atoms with Gasteiger partial charge in [0.1, 0.15) is 11.8 Å². The molecule has 2 aliphatic rings. The predicted molar refractivity (Wildman–Crippen MR) is 91.9 cm³/mol. The summed E-state index contributed by atoms with van der Waals surface area (Å²) in [6.07, 6.45) is 3.96. The number of carbonyl (C=O) groups excluding carboxylic acids is 2. The van der Waals surface area contributed by atoms with Crippen molar-refractivity contribution in [1.29, 1.82) is 0 Å². The van der Waals surface area contributed by atoms with Gasteiger partial charge >= 0.3 is 0 Å². The molecule has 130 valence electrons. The highest BCUT2D eigenvalue weighted by molar-refractivity contribution is 5.88. The Morgan fingerprint density at radius 1 is 1.33 bits per heavy atom. The summed E-state index contributed by atoms with van der Waals surface area (Å²) in [6, 6.07) is 7.82. The van der Waals surface area contributed by atoms with Gasteiger partial charge in [-0.3, -0.25) is 9.59 Å². The fraction of sp³-hybridized carbons (Fsp3) is 0.579. The van der Waals surface area contributed by atoms with Gasteiger partial charge in [-0.25, -0.2) is 0 Å². The molecule has 1 aliphatic heterocycles. The molecule has 24 heavy (non-hydrogen) atoms. The first-order valence-electron chi connectivity index (χ1n) is 8.88. The summed E-state index contributed by atoms with van der Waals surface area (Å²) in [4.78, 5) is 26.5. The highest BCUT2D eigenvalue weighted by Crippen LogP contribution is 2.44. The number of nitrogens with one attached hydrogen (secondary N) is 1. The van der Waals surface area contributed by atoms with E-state index in [2.05, 4.69) is 11.4 Å². The van der Waals surface area contributed by atoms with Crippen molar-refractivity contribution in [3.8, 4) is 5.75 Å². The quantitative estimate of drug-likeness (QED) is 0.872. The Morgan fingerprint density at radius 3 is 2.88 bits per heavy atom. The van der Waals surface area contributed by atoms with Crippen LogP contribution in [0, 0.1) is 0 Å². The van der Waals surface area contributed by atoms with E-state index in [9.17, 15) is 9.59 Å². The number of likely N-dealkylation sites (tertiary alicyclic amines) is 1. The van der Waals surface area contributed by atoms with E-state index in [0.29, 0.717) is 18.9 Å². The molecule has 0 aromatic heterocycles. The van der Waals surface area contributed by atoms with Crippen LogP contribution in [-0.4, -0.2) is 42.5 Å². The van der Waals surface area contributed by atoms with Gasteiger partial charge in [0, 0.05) is 24.9 Å². The molecule has 1 heterocycles. The first-order valence-corrected chi connectivity index (χ1v) is 8.88. The Balaban J connectivity index is 1.59. The molecule has 0 spiro atoms. The standard InChI is InChI=1S/C19H26N2O3/c1-3-7-18(22)21-11-6-9-16(21)19(23)20-15-12-14(15)13-8-4-5-10-17(13)24-2/h4-5,8,10,14-16H,3,6-7,9,11-12H2,1-2H3,(H,20,23)/t14-,15+,16-/m1/s1. The molecule has 1 aromatic rings. The minimum absolute atomic E-state index is 0.000601. The smallest absolute Gasteiger partial charge is 0.243 e. The number of hydrogen-bond acceptors (Lipinski definition) is 3. The average Bonchev–Trinajstić information content (AvgIpc) is 3.16. The van der Waals surface area contributed by atoms with Crippen LogP contribution >= 0.6 is 0 Å². The first kappa shape index (κ1) is 16.8. The van der Waals surface area contributed by atoms with Crippen molar-refractivity contribution in [1.82, 2.24) is 10.2 Å². The highest BCUT2D eigenvalue weighted by Gasteiger charge is 2.43. The van der Waals surface area contributed by atoms with Crippen molar-refractivity contribution in [2.45, 2.75) is 57.0 Å². The largest absolute Gasteiger partial charge is 0.496 e. The number of carbonyl (C=O) groups is 2. The maximum Gasteiger partial charge on any atom is 0.243 e. The van der Waals surface area contributed by atoms with E-state index >= 15 is 0 Å². The maximum absolute atomic E-state index is 12.6. The summed E-state index contributed by atoms with van der Waals surface area (Å²) >= 11 is 0. The van der Waals surface area contributed by atoms with E-state index < -0.39 is 0 Å². The molecule has 1 saturated heterocycles.